The van der Waals surface area contributed by atoms with Gasteiger partial charge < -0.3 is 24.7 Å². The second kappa shape index (κ2) is 8.09. The average Bonchev–Trinajstić information content (AvgIpc) is 3.05. The van der Waals surface area contributed by atoms with Gasteiger partial charge in [0.1, 0.15) is 17.3 Å². The molecule has 0 saturated carbocycles. The van der Waals surface area contributed by atoms with Gasteiger partial charge in [0.05, 0.1) is 19.8 Å². The minimum absolute atomic E-state index is 0.0938. The van der Waals surface area contributed by atoms with Crippen LogP contribution in [0.1, 0.15) is 17.2 Å². The number of rotatable bonds is 4. The molecule has 1 saturated heterocycles. The van der Waals surface area contributed by atoms with Crippen molar-refractivity contribution in [1.29, 1.82) is 0 Å². The Morgan fingerprint density at radius 3 is 2.63 bits per heavy atom. The Labute approximate surface area is 158 Å². The number of furan rings is 1. The SMILES string of the molecule is Cc1ccc(CNC(=S)Nc2nc(N3CCOCC3)cc(C(F)(F)F)n2)o1. The summed E-state index contributed by atoms with van der Waals surface area (Å²) >= 11 is 5.12. The molecule has 3 heterocycles. The van der Waals surface area contributed by atoms with E-state index in [0.717, 1.165) is 11.8 Å². The Kier molecular flexibility index (Phi) is 5.80. The number of aryl methyl sites for hydroxylation is 1. The third-order valence-electron chi connectivity index (χ3n) is 3.78. The minimum atomic E-state index is -4.60. The van der Waals surface area contributed by atoms with Crippen LogP contribution in [0.5, 0.6) is 0 Å². The van der Waals surface area contributed by atoms with Crippen molar-refractivity contribution in [3.05, 3.63) is 35.4 Å². The summed E-state index contributed by atoms with van der Waals surface area (Å²) < 4.78 is 50.2. The Morgan fingerprint density at radius 1 is 1.26 bits per heavy atom. The highest BCUT2D eigenvalue weighted by molar-refractivity contribution is 7.80. The number of hydrogen-bond acceptors (Lipinski definition) is 6. The molecule has 0 atom stereocenters. The summed E-state index contributed by atoms with van der Waals surface area (Å²) in [4.78, 5) is 9.43. The van der Waals surface area contributed by atoms with Gasteiger partial charge in [-0.1, -0.05) is 0 Å². The van der Waals surface area contributed by atoms with Crippen LogP contribution in [0, 0.1) is 6.92 Å². The first kappa shape index (κ1) is 19.4. The summed E-state index contributed by atoms with van der Waals surface area (Å²) in [5.41, 5.74) is -1.04. The summed E-state index contributed by atoms with van der Waals surface area (Å²) in [6.07, 6.45) is -4.60. The Balaban J connectivity index is 1.73. The maximum atomic E-state index is 13.2. The van der Waals surface area contributed by atoms with Crippen LogP contribution in [0.2, 0.25) is 0 Å². The van der Waals surface area contributed by atoms with E-state index in [1.54, 1.807) is 17.0 Å². The lowest BCUT2D eigenvalue weighted by Crippen LogP contribution is -2.37. The van der Waals surface area contributed by atoms with Gasteiger partial charge in [0, 0.05) is 19.2 Å². The van der Waals surface area contributed by atoms with E-state index in [4.69, 9.17) is 21.4 Å². The molecule has 1 aliphatic rings. The molecule has 0 aliphatic carbocycles. The molecule has 3 rings (SSSR count). The molecule has 0 spiro atoms. The van der Waals surface area contributed by atoms with E-state index in [-0.39, 0.29) is 23.4 Å². The van der Waals surface area contributed by atoms with Gasteiger partial charge in [-0.25, -0.2) is 4.98 Å². The molecule has 7 nitrogen and oxygen atoms in total. The Hall–Kier alpha value is -2.40. The summed E-state index contributed by atoms with van der Waals surface area (Å²) in [5.74, 6) is 1.35. The number of aromatic nitrogens is 2. The second-order valence-corrected chi connectivity index (χ2v) is 6.26. The standard InChI is InChI=1S/C16H18F3N5O2S/c1-10-2-3-11(26-10)9-20-15(27)23-14-21-12(16(17,18)19)8-13(22-14)24-4-6-25-7-5-24/h2-3,8H,4-7,9H2,1H3,(H2,20,21,22,23,27). The number of nitrogens with one attached hydrogen (secondary N) is 2. The van der Waals surface area contributed by atoms with E-state index in [9.17, 15) is 13.2 Å². The number of hydrogen-bond donors (Lipinski definition) is 2. The fraction of sp³-hybridized carbons (Fsp3) is 0.438. The molecule has 1 fully saturated rings. The van der Waals surface area contributed by atoms with Crippen LogP contribution in [-0.2, 0) is 17.5 Å². The fourth-order valence-corrected chi connectivity index (χ4v) is 2.65. The van der Waals surface area contributed by atoms with E-state index < -0.39 is 11.9 Å². The molecule has 0 bridgehead atoms. The van der Waals surface area contributed by atoms with E-state index in [0.29, 0.717) is 32.1 Å². The first-order valence-electron chi connectivity index (χ1n) is 8.20. The van der Waals surface area contributed by atoms with Gasteiger partial charge in [0.15, 0.2) is 10.8 Å². The molecule has 0 radical (unpaired) electrons. The fourth-order valence-electron chi connectivity index (χ4n) is 2.48. The predicted octanol–water partition coefficient (Wildman–Crippen LogP) is 2.72. The topological polar surface area (TPSA) is 75.5 Å². The highest BCUT2D eigenvalue weighted by atomic mass is 32.1. The van der Waals surface area contributed by atoms with Crippen molar-refractivity contribution in [1.82, 2.24) is 15.3 Å². The number of ether oxygens (including phenoxy) is 1. The highest BCUT2D eigenvalue weighted by Crippen LogP contribution is 2.30. The molecule has 0 amide bonds. The minimum Gasteiger partial charge on any atom is -0.465 e. The van der Waals surface area contributed by atoms with Crippen LogP contribution in [0.4, 0.5) is 24.9 Å². The maximum Gasteiger partial charge on any atom is 0.433 e. The van der Waals surface area contributed by atoms with Crippen LogP contribution in [0.25, 0.3) is 0 Å². The van der Waals surface area contributed by atoms with Crippen molar-refractivity contribution in [3.63, 3.8) is 0 Å². The molecule has 0 aromatic carbocycles. The molecule has 2 aromatic heterocycles. The van der Waals surface area contributed by atoms with E-state index in [1.807, 2.05) is 6.92 Å². The lowest BCUT2D eigenvalue weighted by Gasteiger charge is -2.28. The van der Waals surface area contributed by atoms with Crippen molar-refractivity contribution < 1.29 is 22.3 Å². The smallest absolute Gasteiger partial charge is 0.433 e. The summed E-state index contributed by atoms with van der Waals surface area (Å²) in [5, 5.41) is 5.55. The molecule has 2 aromatic rings. The normalized spacial score (nSPS) is 14.9. The third-order valence-corrected chi connectivity index (χ3v) is 4.03. The van der Waals surface area contributed by atoms with Crippen molar-refractivity contribution in [2.45, 2.75) is 19.6 Å². The van der Waals surface area contributed by atoms with Gasteiger partial charge in [-0.05, 0) is 31.3 Å². The highest BCUT2D eigenvalue weighted by Gasteiger charge is 2.34. The monoisotopic (exact) mass is 401 g/mol. The lowest BCUT2D eigenvalue weighted by molar-refractivity contribution is -0.141. The van der Waals surface area contributed by atoms with Crippen molar-refractivity contribution in [3.8, 4) is 0 Å². The summed E-state index contributed by atoms with van der Waals surface area (Å²) in [7, 11) is 0. The molecule has 0 unspecified atom stereocenters. The number of thiocarbonyl (C=S) groups is 1. The van der Waals surface area contributed by atoms with Gasteiger partial charge in [-0.3, -0.25) is 0 Å². The number of anilines is 2. The molecule has 27 heavy (non-hydrogen) atoms. The molecule has 11 heteroatoms. The largest absolute Gasteiger partial charge is 0.465 e. The van der Waals surface area contributed by atoms with Gasteiger partial charge in [0.25, 0.3) is 0 Å². The zero-order valence-corrected chi connectivity index (χ0v) is 15.3. The average molecular weight is 401 g/mol. The van der Waals surface area contributed by atoms with Gasteiger partial charge in [-0.2, -0.15) is 18.2 Å². The van der Waals surface area contributed by atoms with Gasteiger partial charge in [0.2, 0.25) is 5.95 Å². The number of nitrogens with zero attached hydrogens (tertiary/aromatic N) is 3. The number of alkyl halides is 3. The Morgan fingerprint density at radius 2 is 2.00 bits per heavy atom. The van der Waals surface area contributed by atoms with Crippen molar-refractivity contribution in [2.75, 3.05) is 36.5 Å². The van der Waals surface area contributed by atoms with Crippen molar-refractivity contribution in [2.24, 2.45) is 0 Å². The molecule has 146 valence electrons. The third kappa shape index (κ3) is 5.30. The van der Waals surface area contributed by atoms with E-state index in [2.05, 4.69) is 20.6 Å². The zero-order valence-electron chi connectivity index (χ0n) is 14.5. The van der Waals surface area contributed by atoms with Crippen LogP contribution in [0.3, 0.4) is 0 Å². The molecule has 2 N–H and O–H groups in total. The summed E-state index contributed by atoms with van der Waals surface area (Å²) in [6.45, 7) is 3.86. The second-order valence-electron chi connectivity index (χ2n) is 5.85. The predicted molar refractivity (Wildman–Crippen MR) is 96.6 cm³/mol. The first-order chi connectivity index (χ1) is 12.8. The van der Waals surface area contributed by atoms with E-state index in [1.165, 1.54) is 0 Å². The first-order valence-corrected chi connectivity index (χ1v) is 8.61. The number of morpholine rings is 1. The quantitative estimate of drug-likeness (QED) is 0.758. The lowest BCUT2D eigenvalue weighted by atomic mass is 10.3. The maximum absolute atomic E-state index is 13.2. The van der Waals surface area contributed by atoms with Gasteiger partial charge in [-0.15, -0.1) is 0 Å². The van der Waals surface area contributed by atoms with Crippen molar-refractivity contribution >= 4 is 29.1 Å². The summed E-state index contributed by atoms with van der Waals surface area (Å²) in [6, 6.07) is 4.51. The Bertz CT molecular complexity index is 806. The van der Waals surface area contributed by atoms with Gasteiger partial charge >= 0.3 is 6.18 Å². The molecular weight excluding hydrogens is 383 g/mol. The van der Waals surface area contributed by atoms with Crippen LogP contribution < -0.4 is 15.5 Å². The van der Waals surface area contributed by atoms with Crippen LogP contribution in [-0.4, -0.2) is 41.4 Å². The number of halogens is 3. The molecule has 1 aliphatic heterocycles. The molecular formula is C16H18F3N5O2S. The van der Waals surface area contributed by atoms with Crippen LogP contribution in [0.15, 0.2) is 22.6 Å². The zero-order chi connectivity index (χ0) is 19.4. The van der Waals surface area contributed by atoms with Crippen LogP contribution >= 0.6 is 12.2 Å². The van der Waals surface area contributed by atoms with E-state index >= 15 is 0 Å².